The average Bonchev–Trinajstić information content (AvgIpc) is 3.89. The molecule has 2 amide bonds. The lowest BCUT2D eigenvalue weighted by atomic mass is 9.81. The fraction of sp³-hybridized carbons (Fsp3) is 0.432. The normalized spacial score (nSPS) is 20.5. The van der Waals surface area contributed by atoms with Gasteiger partial charge in [0, 0.05) is 29.4 Å². The molecule has 240 valence electrons. The number of imidazole rings is 1. The number of hydrogen-bond donors (Lipinski definition) is 4. The molecule has 1 unspecified atom stereocenters. The molecule has 0 spiro atoms. The van der Waals surface area contributed by atoms with Crippen molar-refractivity contribution in [1.82, 2.24) is 30.5 Å². The van der Waals surface area contributed by atoms with Crippen LogP contribution in [0.4, 0.5) is 4.79 Å². The zero-order valence-electron chi connectivity index (χ0n) is 27.4. The molecule has 0 radical (unpaired) electrons. The third-order valence-corrected chi connectivity index (χ3v) is 10.3. The van der Waals surface area contributed by atoms with Gasteiger partial charge in [0.2, 0.25) is 5.91 Å². The van der Waals surface area contributed by atoms with Gasteiger partial charge in [-0.2, -0.15) is 0 Å². The van der Waals surface area contributed by atoms with Gasteiger partial charge in [-0.1, -0.05) is 52.0 Å². The minimum absolute atomic E-state index is 0.0792. The molecule has 4 heterocycles. The van der Waals surface area contributed by atoms with E-state index in [-0.39, 0.29) is 23.3 Å². The Kier molecular flexibility index (Phi) is 7.75. The molecule has 1 aliphatic carbocycles. The van der Waals surface area contributed by atoms with Crippen LogP contribution in [0, 0.1) is 5.92 Å². The summed E-state index contributed by atoms with van der Waals surface area (Å²) in [5.41, 5.74) is 10.6. The zero-order chi connectivity index (χ0) is 32.2. The standard InChI is InChI=1S/C37H44N6O3/c1-21(2)33(42-36(45)46-5)35(44)43-17-7-9-32(43)34-39-20-31(41-34)23-11-13-25-24-12-10-22(18-26(24)37(3,4)27(25)19-23)28-14-15-30(40-28)29-8-6-16-38-29/h10-15,18-21,29,32-33,38,40H,6-9,16-17H2,1-5H3,(H,39,41)(H,42,45)/t29?,32-,33-/m0/s1. The van der Waals surface area contributed by atoms with Gasteiger partial charge in [-0.25, -0.2) is 9.78 Å². The maximum atomic E-state index is 13.6. The van der Waals surface area contributed by atoms with Crippen LogP contribution in [0.1, 0.15) is 88.1 Å². The number of carbonyl (C=O) groups excluding carboxylic acids is 2. The van der Waals surface area contributed by atoms with Crippen molar-refractivity contribution < 1.29 is 14.3 Å². The van der Waals surface area contributed by atoms with E-state index in [1.54, 1.807) is 0 Å². The number of amides is 2. The number of aromatic amines is 2. The van der Waals surface area contributed by atoms with Crippen molar-refractivity contribution in [3.8, 4) is 33.6 Å². The molecular formula is C37H44N6O3. The molecule has 0 saturated carbocycles. The molecule has 4 aromatic rings. The van der Waals surface area contributed by atoms with E-state index in [1.165, 1.54) is 53.5 Å². The van der Waals surface area contributed by atoms with Crippen molar-refractivity contribution in [3.63, 3.8) is 0 Å². The summed E-state index contributed by atoms with van der Waals surface area (Å²) in [5.74, 6) is 0.583. The van der Waals surface area contributed by atoms with Crippen molar-refractivity contribution in [3.05, 3.63) is 77.4 Å². The Morgan fingerprint density at radius 2 is 1.67 bits per heavy atom. The molecule has 0 bridgehead atoms. The largest absolute Gasteiger partial charge is 0.453 e. The van der Waals surface area contributed by atoms with Crippen molar-refractivity contribution >= 4 is 12.0 Å². The van der Waals surface area contributed by atoms with Gasteiger partial charge in [0.05, 0.1) is 25.0 Å². The Balaban J connectivity index is 1.13. The number of H-pyrrole nitrogens is 2. The van der Waals surface area contributed by atoms with Crippen LogP contribution < -0.4 is 10.6 Å². The summed E-state index contributed by atoms with van der Waals surface area (Å²) in [4.78, 5) is 39.4. The molecule has 7 rings (SSSR count). The highest BCUT2D eigenvalue weighted by Gasteiger charge is 2.38. The molecular weight excluding hydrogens is 576 g/mol. The van der Waals surface area contributed by atoms with Crippen molar-refractivity contribution in [1.29, 1.82) is 0 Å². The molecule has 2 aliphatic heterocycles. The zero-order valence-corrected chi connectivity index (χ0v) is 27.4. The van der Waals surface area contributed by atoms with E-state index >= 15 is 0 Å². The van der Waals surface area contributed by atoms with Gasteiger partial charge in [-0.05, 0) is 95.8 Å². The quantitative estimate of drug-likeness (QED) is 0.181. The van der Waals surface area contributed by atoms with Crippen LogP contribution in [-0.2, 0) is 14.9 Å². The second-order valence-corrected chi connectivity index (χ2v) is 13.9. The van der Waals surface area contributed by atoms with Crippen molar-refractivity contribution in [2.45, 2.75) is 76.9 Å². The first-order valence-corrected chi connectivity index (χ1v) is 16.6. The highest BCUT2D eigenvalue weighted by molar-refractivity contribution is 5.87. The number of alkyl carbamates (subject to hydrolysis) is 1. The summed E-state index contributed by atoms with van der Waals surface area (Å²) in [5, 5.41) is 6.31. The molecule has 46 heavy (non-hydrogen) atoms. The lowest BCUT2D eigenvalue weighted by molar-refractivity contribution is -0.135. The van der Waals surface area contributed by atoms with Crippen LogP contribution in [0.15, 0.2) is 54.7 Å². The number of carbonyl (C=O) groups is 2. The smallest absolute Gasteiger partial charge is 0.407 e. The van der Waals surface area contributed by atoms with E-state index in [2.05, 4.69) is 83.0 Å². The summed E-state index contributed by atoms with van der Waals surface area (Å²) >= 11 is 0. The van der Waals surface area contributed by atoms with E-state index in [0.29, 0.717) is 12.6 Å². The van der Waals surface area contributed by atoms with Gasteiger partial charge in [0.15, 0.2) is 0 Å². The lowest BCUT2D eigenvalue weighted by Gasteiger charge is -2.30. The predicted molar refractivity (Wildman–Crippen MR) is 179 cm³/mol. The average molecular weight is 621 g/mol. The number of nitrogens with zero attached hydrogens (tertiary/aromatic N) is 2. The number of likely N-dealkylation sites (tertiary alicyclic amines) is 1. The van der Waals surface area contributed by atoms with E-state index in [0.717, 1.165) is 42.2 Å². The second-order valence-electron chi connectivity index (χ2n) is 13.9. The Morgan fingerprint density at radius 3 is 2.33 bits per heavy atom. The maximum Gasteiger partial charge on any atom is 0.407 e. The van der Waals surface area contributed by atoms with Gasteiger partial charge in [0.25, 0.3) is 0 Å². The number of methoxy groups -OCH3 is 1. The molecule has 2 aromatic carbocycles. The number of aromatic nitrogens is 3. The van der Waals surface area contributed by atoms with E-state index in [4.69, 9.17) is 9.72 Å². The number of rotatable bonds is 7. The Bertz CT molecular complexity index is 1780. The lowest BCUT2D eigenvalue weighted by Crippen LogP contribution is -2.51. The SMILES string of the molecule is COC(=O)N[C@H](C(=O)N1CCC[C@H]1c1ncc(-c2ccc3c(c2)C(C)(C)c2cc(-c4ccc(C5CCCN5)[nH]4)ccc2-3)[nH]1)C(C)C. The topological polar surface area (TPSA) is 115 Å². The van der Waals surface area contributed by atoms with Crippen LogP contribution in [-0.4, -0.2) is 58.1 Å². The first kappa shape index (κ1) is 30.3. The summed E-state index contributed by atoms with van der Waals surface area (Å²) in [7, 11) is 1.31. The second kappa shape index (κ2) is 11.8. The number of nitrogens with one attached hydrogen (secondary N) is 4. The number of benzene rings is 2. The van der Waals surface area contributed by atoms with Gasteiger partial charge >= 0.3 is 6.09 Å². The number of hydrogen-bond acceptors (Lipinski definition) is 5. The fourth-order valence-electron chi connectivity index (χ4n) is 7.65. The molecule has 3 atom stereocenters. The third kappa shape index (κ3) is 5.20. The van der Waals surface area contributed by atoms with E-state index in [9.17, 15) is 9.59 Å². The van der Waals surface area contributed by atoms with Crippen LogP contribution >= 0.6 is 0 Å². The number of fused-ring (bicyclic) bond motifs is 3. The van der Waals surface area contributed by atoms with Crippen LogP contribution in [0.5, 0.6) is 0 Å². The van der Waals surface area contributed by atoms with Crippen molar-refractivity contribution in [2.75, 3.05) is 20.2 Å². The van der Waals surface area contributed by atoms with Crippen molar-refractivity contribution in [2.24, 2.45) is 5.92 Å². The monoisotopic (exact) mass is 620 g/mol. The van der Waals surface area contributed by atoms with E-state index < -0.39 is 12.1 Å². The van der Waals surface area contributed by atoms with Gasteiger partial charge in [0.1, 0.15) is 11.9 Å². The van der Waals surface area contributed by atoms with Gasteiger partial charge in [-0.15, -0.1) is 0 Å². The molecule has 4 N–H and O–H groups in total. The summed E-state index contributed by atoms with van der Waals surface area (Å²) in [6, 6.07) is 17.5. The molecule has 3 aliphatic rings. The minimum Gasteiger partial charge on any atom is -0.453 e. The van der Waals surface area contributed by atoms with E-state index in [1.807, 2.05) is 24.9 Å². The molecule has 2 fully saturated rings. The minimum atomic E-state index is -0.660. The Labute approximate surface area is 270 Å². The molecule has 2 aromatic heterocycles. The third-order valence-electron chi connectivity index (χ3n) is 10.3. The highest BCUT2D eigenvalue weighted by Crippen LogP contribution is 2.50. The summed E-state index contributed by atoms with van der Waals surface area (Å²) < 4.78 is 4.78. The molecule has 9 heteroatoms. The van der Waals surface area contributed by atoms with Gasteiger partial charge < -0.3 is 30.2 Å². The fourth-order valence-corrected chi connectivity index (χ4v) is 7.65. The molecule has 2 saturated heterocycles. The van der Waals surface area contributed by atoms with Crippen LogP contribution in [0.2, 0.25) is 0 Å². The number of ether oxygens (including phenoxy) is 1. The van der Waals surface area contributed by atoms with Crippen LogP contribution in [0.3, 0.4) is 0 Å². The van der Waals surface area contributed by atoms with Crippen LogP contribution in [0.25, 0.3) is 33.6 Å². The summed E-state index contributed by atoms with van der Waals surface area (Å²) in [6.45, 7) is 10.2. The van der Waals surface area contributed by atoms with Gasteiger partial charge in [-0.3, -0.25) is 4.79 Å². The maximum absolute atomic E-state index is 13.6. The predicted octanol–water partition coefficient (Wildman–Crippen LogP) is 6.85. The Morgan fingerprint density at radius 1 is 0.957 bits per heavy atom. The molecule has 9 nitrogen and oxygen atoms in total. The first-order chi connectivity index (χ1) is 22.2. The summed E-state index contributed by atoms with van der Waals surface area (Å²) in [6.07, 6.45) is 5.37. The Hall–Kier alpha value is -4.37. The highest BCUT2D eigenvalue weighted by atomic mass is 16.5. The first-order valence-electron chi connectivity index (χ1n) is 16.6.